The fourth-order valence-corrected chi connectivity index (χ4v) is 2.52. The van der Waals surface area contributed by atoms with Crippen molar-refractivity contribution >= 4 is 0 Å². The lowest BCUT2D eigenvalue weighted by Gasteiger charge is -2.36. The third-order valence-electron chi connectivity index (χ3n) is 3.70. The van der Waals surface area contributed by atoms with Gasteiger partial charge in [0.25, 0.3) is 0 Å². The molecular formula is C14H21NO2. The standard InChI is InChI=1S/C14H21NO2/c1-8-6-12(15-8)11-7-13(16-4)9(2)10(3)14(11)17-5/h7-8,12,15H,6H2,1-5H3. The van der Waals surface area contributed by atoms with Crippen molar-refractivity contribution in [1.82, 2.24) is 5.32 Å². The summed E-state index contributed by atoms with van der Waals surface area (Å²) in [6.45, 7) is 6.35. The average Bonchev–Trinajstić information content (AvgIpc) is 2.28. The lowest BCUT2D eigenvalue weighted by Crippen LogP contribution is -2.43. The maximum absolute atomic E-state index is 5.55. The summed E-state index contributed by atoms with van der Waals surface area (Å²) >= 11 is 0. The topological polar surface area (TPSA) is 30.5 Å². The van der Waals surface area contributed by atoms with Crippen LogP contribution in [0.2, 0.25) is 0 Å². The van der Waals surface area contributed by atoms with E-state index in [4.69, 9.17) is 9.47 Å². The Bertz CT molecular complexity index is 423. The zero-order valence-corrected chi connectivity index (χ0v) is 11.3. The third kappa shape index (κ3) is 2.00. The predicted octanol–water partition coefficient (Wildman–Crippen LogP) is 2.74. The molecule has 0 saturated carbocycles. The monoisotopic (exact) mass is 235 g/mol. The molecule has 1 saturated heterocycles. The molecule has 0 amide bonds. The molecule has 0 aliphatic carbocycles. The minimum absolute atomic E-state index is 0.396. The Labute approximate surface area is 103 Å². The number of nitrogens with one attached hydrogen (secondary N) is 1. The first-order valence-electron chi connectivity index (χ1n) is 6.06. The van der Waals surface area contributed by atoms with E-state index in [-0.39, 0.29) is 0 Å². The van der Waals surface area contributed by atoms with Gasteiger partial charge in [-0.25, -0.2) is 0 Å². The Morgan fingerprint density at radius 2 is 1.82 bits per heavy atom. The largest absolute Gasteiger partial charge is 0.496 e. The molecule has 17 heavy (non-hydrogen) atoms. The van der Waals surface area contributed by atoms with Gasteiger partial charge in [0.15, 0.2) is 0 Å². The molecule has 1 aliphatic rings. The predicted molar refractivity (Wildman–Crippen MR) is 69.0 cm³/mol. The van der Waals surface area contributed by atoms with Crippen molar-refractivity contribution < 1.29 is 9.47 Å². The molecule has 1 N–H and O–H groups in total. The highest BCUT2D eigenvalue weighted by Crippen LogP contribution is 2.40. The number of hydrogen-bond acceptors (Lipinski definition) is 3. The van der Waals surface area contributed by atoms with Gasteiger partial charge in [-0.05, 0) is 44.4 Å². The van der Waals surface area contributed by atoms with E-state index in [9.17, 15) is 0 Å². The van der Waals surface area contributed by atoms with E-state index in [1.807, 2.05) is 0 Å². The van der Waals surface area contributed by atoms with Gasteiger partial charge in [0.05, 0.1) is 14.2 Å². The Hall–Kier alpha value is -1.22. The van der Waals surface area contributed by atoms with Gasteiger partial charge in [-0.2, -0.15) is 0 Å². The van der Waals surface area contributed by atoms with Gasteiger partial charge in [0, 0.05) is 17.6 Å². The summed E-state index contributed by atoms with van der Waals surface area (Å²) in [5.41, 5.74) is 3.54. The maximum atomic E-state index is 5.55. The Morgan fingerprint density at radius 3 is 2.29 bits per heavy atom. The summed E-state index contributed by atoms with van der Waals surface area (Å²) < 4.78 is 11.0. The molecule has 3 heteroatoms. The van der Waals surface area contributed by atoms with Gasteiger partial charge in [-0.15, -0.1) is 0 Å². The molecule has 1 aliphatic heterocycles. The molecule has 0 aromatic heterocycles. The minimum atomic E-state index is 0.396. The van der Waals surface area contributed by atoms with Crippen LogP contribution in [0.5, 0.6) is 11.5 Å². The zero-order chi connectivity index (χ0) is 12.6. The van der Waals surface area contributed by atoms with Crippen LogP contribution in [0.4, 0.5) is 0 Å². The van der Waals surface area contributed by atoms with Crippen LogP contribution in [0.3, 0.4) is 0 Å². The first kappa shape index (κ1) is 12.2. The maximum Gasteiger partial charge on any atom is 0.127 e. The smallest absolute Gasteiger partial charge is 0.127 e. The number of hydrogen-bond donors (Lipinski definition) is 1. The fourth-order valence-electron chi connectivity index (χ4n) is 2.52. The quantitative estimate of drug-likeness (QED) is 0.874. The number of rotatable bonds is 3. The van der Waals surface area contributed by atoms with Crippen LogP contribution in [0.25, 0.3) is 0 Å². The van der Waals surface area contributed by atoms with Gasteiger partial charge in [-0.3, -0.25) is 0 Å². The highest BCUT2D eigenvalue weighted by atomic mass is 16.5. The van der Waals surface area contributed by atoms with Crippen molar-refractivity contribution in [3.8, 4) is 11.5 Å². The van der Waals surface area contributed by atoms with Crippen LogP contribution in [0.1, 0.15) is 36.1 Å². The summed E-state index contributed by atoms with van der Waals surface area (Å²) in [6, 6.07) is 3.09. The number of methoxy groups -OCH3 is 2. The first-order chi connectivity index (χ1) is 8.08. The SMILES string of the molecule is COc1cc(C2CC(C)N2)c(OC)c(C)c1C. The van der Waals surface area contributed by atoms with E-state index in [1.54, 1.807) is 14.2 Å². The second-order valence-corrected chi connectivity index (χ2v) is 4.81. The van der Waals surface area contributed by atoms with E-state index >= 15 is 0 Å². The molecule has 1 aromatic rings. The summed E-state index contributed by atoms with van der Waals surface area (Å²) in [5, 5.41) is 3.50. The van der Waals surface area contributed by atoms with Crippen LogP contribution < -0.4 is 14.8 Å². The van der Waals surface area contributed by atoms with Crippen molar-refractivity contribution in [2.45, 2.75) is 39.3 Å². The van der Waals surface area contributed by atoms with Crippen LogP contribution in [0, 0.1) is 13.8 Å². The second-order valence-electron chi connectivity index (χ2n) is 4.81. The molecular weight excluding hydrogens is 214 g/mol. The summed E-state index contributed by atoms with van der Waals surface area (Å²) in [7, 11) is 3.45. The molecule has 0 spiro atoms. The van der Waals surface area contributed by atoms with Gasteiger partial charge >= 0.3 is 0 Å². The molecule has 0 radical (unpaired) electrons. The van der Waals surface area contributed by atoms with Crippen molar-refractivity contribution in [2.24, 2.45) is 0 Å². The fraction of sp³-hybridized carbons (Fsp3) is 0.571. The van der Waals surface area contributed by atoms with E-state index < -0.39 is 0 Å². The minimum Gasteiger partial charge on any atom is -0.496 e. The van der Waals surface area contributed by atoms with E-state index in [1.165, 1.54) is 11.1 Å². The van der Waals surface area contributed by atoms with Gasteiger partial charge in [-0.1, -0.05) is 0 Å². The van der Waals surface area contributed by atoms with Crippen LogP contribution >= 0.6 is 0 Å². The van der Waals surface area contributed by atoms with Crippen molar-refractivity contribution in [3.63, 3.8) is 0 Å². The molecule has 94 valence electrons. The molecule has 1 heterocycles. The molecule has 2 rings (SSSR count). The third-order valence-corrected chi connectivity index (χ3v) is 3.70. The van der Waals surface area contributed by atoms with Crippen LogP contribution in [-0.4, -0.2) is 20.3 Å². The highest BCUT2D eigenvalue weighted by Gasteiger charge is 2.29. The van der Waals surface area contributed by atoms with E-state index in [2.05, 4.69) is 32.2 Å². The normalized spacial score (nSPS) is 23.1. The average molecular weight is 235 g/mol. The Kier molecular flexibility index (Phi) is 3.29. The Morgan fingerprint density at radius 1 is 1.18 bits per heavy atom. The van der Waals surface area contributed by atoms with Gasteiger partial charge in [0.2, 0.25) is 0 Å². The summed E-state index contributed by atoms with van der Waals surface area (Å²) in [4.78, 5) is 0. The van der Waals surface area contributed by atoms with Crippen LogP contribution in [-0.2, 0) is 0 Å². The van der Waals surface area contributed by atoms with E-state index in [0.29, 0.717) is 12.1 Å². The zero-order valence-electron chi connectivity index (χ0n) is 11.3. The number of ether oxygens (including phenoxy) is 2. The van der Waals surface area contributed by atoms with Crippen molar-refractivity contribution in [1.29, 1.82) is 0 Å². The summed E-state index contributed by atoms with van der Waals surface area (Å²) in [5.74, 6) is 1.94. The Balaban J connectivity index is 2.45. The van der Waals surface area contributed by atoms with Gasteiger partial charge < -0.3 is 14.8 Å². The van der Waals surface area contributed by atoms with Gasteiger partial charge in [0.1, 0.15) is 11.5 Å². The summed E-state index contributed by atoms with van der Waals surface area (Å²) in [6.07, 6.45) is 1.15. The molecule has 3 nitrogen and oxygen atoms in total. The van der Waals surface area contributed by atoms with Crippen LogP contribution in [0.15, 0.2) is 6.07 Å². The lowest BCUT2D eigenvalue weighted by molar-refractivity contribution is 0.276. The molecule has 2 unspecified atom stereocenters. The number of benzene rings is 1. The first-order valence-corrected chi connectivity index (χ1v) is 6.06. The second kappa shape index (κ2) is 4.57. The van der Waals surface area contributed by atoms with Crippen molar-refractivity contribution in [3.05, 3.63) is 22.8 Å². The molecule has 0 bridgehead atoms. The highest BCUT2D eigenvalue weighted by molar-refractivity contribution is 5.54. The molecule has 1 aromatic carbocycles. The van der Waals surface area contributed by atoms with E-state index in [0.717, 1.165) is 23.5 Å². The molecule has 1 fully saturated rings. The lowest BCUT2D eigenvalue weighted by atomic mass is 9.89. The van der Waals surface area contributed by atoms with Crippen molar-refractivity contribution in [2.75, 3.05) is 14.2 Å². The molecule has 2 atom stereocenters.